The van der Waals surface area contributed by atoms with Gasteiger partial charge in [0, 0.05) is 25.8 Å². The predicted molar refractivity (Wildman–Crippen MR) is 78.5 cm³/mol. The molecule has 1 aliphatic heterocycles. The van der Waals surface area contributed by atoms with Crippen LogP contribution in [0.1, 0.15) is 12.0 Å². The molecule has 2 rings (SSSR count). The molecule has 1 aliphatic rings. The Labute approximate surface area is 124 Å². The van der Waals surface area contributed by atoms with Crippen LogP contribution in [0, 0.1) is 0 Å². The number of sulfone groups is 1. The molecule has 20 heavy (non-hydrogen) atoms. The van der Waals surface area contributed by atoms with Crippen LogP contribution in [0.3, 0.4) is 0 Å². The van der Waals surface area contributed by atoms with Gasteiger partial charge in [0.05, 0.1) is 24.0 Å². The molecule has 5 nitrogen and oxygen atoms in total. The predicted octanol–water partition coefficient (Wildman–Crippen LogP) is 1.64. The van der Waals surface area contributed by atoms with E-state index in [1.807, 2.05) is 12.1 Å². The van der Waals surface area contributed by atoms with Crippen molar-refractivity contribution < 1.29 is 17.9 Å². The summed E-state index contributed by atoms with van der Waals surface area (Å²) in [6.07, 6.45) is 2.05. The van der Waals surface area contributed by atoms with E-state index in [2.05, 4.69) is 5.32 Å². The van der Waals surface area contributed by atoms with Crippen molar-refractivity contribution in [2.24, 2.45) is 0 Å². The van der Waals surface area contributed by atoms with Crippen LogP contribution in [0.25, 0.3) is 0 Å². The molecule has 0 amide bonds. The average Bonchev–Trinajstić information content (AvgIpc) is 2.59. The topological polar surface area (TPSA) is 64.6 Å². The third kappa shape index (κ3) is 4.54. The van der Waals surface area contributed by atoms with Crippen molar-refractivity contribution in [1.82, 2.24) is 5.32 Å². The maximum Gasteiger partial charge on any atom is 0.179 e. The Kier molecular flexibility index (Phi) is 5.12. The summed E-state index contributed by atoms with van der Waals surface area (Å²) in [6.45, 7) is 2.14. The number of hydrogen-bond donors (Lipinski definition) is 1. The fraction of sp³-hybridized carbons (Fsp3) is 0.538. The molecule has 0 atom stereocenters. The zero-order valence-electron chi connectivity index (χ0n) is 11.3. The van der Waals surface area contributed by atoms with Crippen LogP contribution in [-0.2, 0) is 16.4 Å². The zero-order valence-corrected chi connectivity index (χ0v) is 12.9. The standard InChI is InChI=1S/C13H18ClNO4S/c1-20(16,17)6-3-15-9-10-7-11(14)13-12(8-10)18-4-2-5-19-13/h7-8,15H,2-6,9H2,1H3. The van der Waals surface area contributed by atoms with Crippen LogP contribution in [0.4, 0.5) is 0 Å². The number of rotatable bonds is 5. The Morgan fingerprint density at radius 3 is 2.80 bits per heavy atom. The molecule has 0 unspecified atom stereocenters. The van der Waals surface area contributed by atoms with Crippen LogP contribution in [0.2, 0.25) is 5.02 Å². The van der Waals surface area contributed by atoms with Crippen LogP contribution < -0.4 is 14.8 Å². The first-order valence-electron chi connectivity index (χ1n) is 6.42. The zero-order chi connectivity index (χ0) is 14.6. The van der Waals surface area contributed by atoms with Crippen molar-refractivity contribution in [3.8, 4) is 11.5 Å². The molecule has 0 spiro atoms. The van der Waals surface area contributed by atoms with E-state index in [9.17, 15) is 8.42 Å². The van der Waals surface area contributed by atoms with Gasteiger partial charge in [-0.3, -0.25) is 0 Å². The van der Waals surface area contributed by atoms with Gasteiger partial charge in [-0.05, 0) is 17.7 Å². The SMILES string of the molecule is CS(=O)(=O)CCNCc1cc(Cl)c2c(c1)OCCCO2. The minimum Gasteiger partial charge on any atom is -0.489 e. The monoisotopic (exact) mass is 319 g/mol. The van der Waals surface area contributed by atoms with Crippen molar-refractivity contribution >= 4 is 21.4 Å². The van der Waals surface area contributed by atoms with Crippen LogP contribution in [-0.4, -0.2) is 40.2 Å². The second-order valence-corrected chi connectivity index (χ2v) is 7.43. The summed E-state index contributed by atoms with van der Waals surface area (Å²) in [5.41, 5.74) is 0.938. The lowest BCUT2D eigenvalue weighted by Gasteiger charge is -2.12. The van der Waals surface area contributed by atoms with Gasteiger partial charge < -0.3 is 14.8 Å². The molecule has 0 bridgehead atoms. The molecule has 7 heteroatoms. The summed E-state index contributed by atoms with van der Waals surface area (Å²) >= 11 is 6.18. The fourth-order valence-corrected chi connectivity index (χ4v) is 2.68. The summed E-state index contributed by atoms with van der Waals surface area (Å²) in [5.74, 6) is 1.35. The summed E-state index contributed by atoms with van der Waals surface area (Å²) in [7, 11) is -2.94. The van der Waals surface area contributed by atoms with E-state index in [4.69, 9.17) is 21.1 Å². The molecular formula is C13H18ClNO4S. The highest BCUT2D eigenvalue weighted by Gasteiger charge is 2.15. The highest BCUT2D eigenvalue weighted by molar-refractivity contribution is 7.90. The molecule has 112 valence electrons. The lowest BCUT2D eigenvalue weighted by molar-refractivity contribution is 0.297. The lowest BCUT2D eigenvalue weighted by Crippen LogP contribution is -2.21. The second-order valence-electron chi connectivity index (χ2n) is 4.76. The third-order valence-electron chi connectivity index (χ3n) is 2.84. The largest absolute Gasteiger partial charge is 0.489 e. The van der Waals surface area contributed by atoms with Gasteiger partial charge in [-0.2, -0.15) is 0 Å². The number of fused-ring (bicyclic) bond motifs is 1. The van der Waals surface area contributed by atoms with Crippen molar-refractivity contribution in [1.29, 1.82) is 0 Å². The van der Waals surface area contributed by atoms with Gasteiger partial charge >= 0.3 is 0 Å². The number of halogens is 1. The summed E-state index contributed by atoms with van der Waals surface area (Å²) in [6, 6.07) is 3.68. The van der Waals surface area contributed by atoms with E-state index >= 15 is 0 Å². The fourth-order valence-electron chi connectivity index (χ4n) is 1.88. The molecule has 0 fully saturated rings. The van der Waals surface area contributed by atoms with E-state index in [1.165, 1.54) is 6.26 Å². The summed E-state index contributed by atoms with van der Waals surface area (Å²) in [5, 5.41) is 3.59. The summed E-state index contributed by atoms with van der Waals surface area (Å²) in [4.78, 5) is 0. The smallest absolute Gasteiger partial charge is 0.179 e. The van der Waals surface area contributed by atoms with Crippen LogP contribution >= 0.6 is 11.6 Å². The first-order valence-corrected chi connectivity index (χ1v) is 8.86. The molecule has 1 aromatic rings. The third-order valence-corrected chi connectivity index (χ3v) is 4.07. The van der Waals surface area contributed by atoms with E-state index in [0.29, 0.717) is 42.8 Å². The second kappa shape index (κ2) is 6.65. The van der Waals surface area contributed by atoms with Gasteiger partial charge in [-0.15, -0.1) is 0 Å². The van der Waals surface area contributed by atoms with E-state index < -0.39 is 9.84 Å². The molecule has 0 saturated carbocycles. The minimum atomic E-state index is -2.94. The van der Waals surface area contributed by atoms with Crippen LogP contribution in [0.15, 0.2) is 12.1 Å². The molecule has 0 radical (unpaired) electrons. The highest BCUT2D eigenvalue weighted by atomic mass is 35.5. The van der Waals surface area contributed by atoms with Crippen molar-refractivity contribution in [2.75, 3.05) is 31.8 Å². The molecule has 1 heterocycles. The molecule has 0 aliphatic carbocycles. The number of benzene rings is 1. The molecule has 0 aromatic heterocycles. The quantitative estimate of drug-likeness (QED) is 0.836. The summed E-state index contributed by atoms with van der Waals surface area (Å²) < 4.78 is 33.2. The lowest BCUT2D eigenvalue weighted by atomic mass is 10.2. The minimum absolute atomic E-state index is 0.116. The first kappa shape index (κ1) is 15.4. The van der Waals surface area contributed by atoms with Crippen molar-refractivity contribution in [3.05, 3.63) is 22.7 Å². The molecule has 0 saturated heterocycles. The number of hydrogen-bond acceptors (Lipinski definition) is 5. The molecule has 1 aromatic carbocycles. The Bertz CT molecular complexity index is 574. The van der Waals surface area contributed by atoms with Gasteiger partial charge in [0.15, 0.2) is 11.5 Å². The normalized spacial score (nSPS) is 14.9. The molecular weight excluding hydrogens is 302 g/mol. The van der Waals surface area contributed by atoms with E-state index in [1.54, 1.807) is 0 Å². The number of ether oxygens (including phenoxy) is 2. The van der Waals surface area contributed by atoms with E-state index in [0.717, 1.165) is 12.0 Å². The van der Waals surface area contributed by atoms with Crippen molar-refractivity contribution in [2.45, 2.75) is 13.0 Å². The maximum absolute atomic E-state index is 11.0. The van der Waals surface area contributed by atoms with Gasteiger partial charge in [0.25, 0.3) is 0 Å². The Hall–Kier alpha value is -0.980. The Morgan fingerprint density at radius 1 is 1.30 bits per heavy atom. The maximum atomic E-state index is 11.0. The molecule has 1 N–H and O–H groups in total. The van der Waals surface area contributed by atoms with Gasteiger partial charge in [0.1, 0.15) is 9.84 Å². The van der Waals surface area contributed by atoms with Gasteiger partial charge in [-0.25, -0.2) is 8.42 Å². The highest BCUT2D eigenvalue weighted by Crippen LogP contribution is 2.37. The van der Waals surface area contributed by atoms with Crippen LogP contribution in [0.5, 0.6) is 11.5 Å². The van der Waals surface area contributed by atoms with E-state index in [-0.39, 0.29) is 5.75 Å². The van der Waals surface area contributed by atoms with Gasteiger partial charge in [0.2, 0.25) is 0 Å². The first-order chi connectivity index (χ1) is 9.46. The average molecular weight is 320 g/mol. The Morgan fingerprint density at radius 2 is 2.05 bits per heavy atom. The van der Waals surface area contributed by atoms with Gasteiger partial charge in [-0.1, -0.05) is 11.6 Å². The number of nitrogens with one attached hydrogen (secondary N) is 1. The Balaban J connectivity index is 1.99. The van der Waals surface area contributed by atoms with Crippen molar-refractivity contribution in [3.63, 3.8) is 0 Å².